The van der Waals surface area contributed by atoms with Crippen molar-refractivity contribution < 1.29 is 34.7 Å². The summed E-state index contributed by atoms with van der Waals surface area (Å²) in [5, 5.41) is 40.9. The molecule has 0 spiro atoms. The Morgan fingerprint density at radius 2 is 1.82 bits per heavy atom. The summed E-state index contributed by atoms with van der Waals surface area (Å²) in [4.78, 5) is 10.9. The number of ether oxygens (including phenoxy) is 2. The Bertz CT molecular complexity index is 504. The van der Waals surface area contributed by atoms with Gasteiger partial charge in [0.1, 0.15) is 30.2 Å². The summed E-state index contributed by atoms with van der Waals surface area (Å²) in [6.07, 6.45) is -6.64. The molecule has 22 heavy (non-hydrogen) atoms. The quantitative estimate of drug-likeness (QED) is 0.473. The Morgan fingerprint density at radius 3 is 2.36 bits per heavy atom. The van der Waals surface area contributed by atoms with Gasteiger partial charge in [0.2, 0.25) is 12.2 Å². The van der Waals surface area contributed by atoms with E-state index in [-0.39, 0.29) is 5.91 Å². The van der Waals surface area contributed by atoms with E-state index in [4.69, 9.17) is 14.6 Å². The first-order valence-electron chi connectivity index (χ1n) is 6.77. The van der Waals surface area contributed by atoms with Gasteiger partial charge in [0, 0.05) is 12.6 Å². The van der Waals surface area contributed by atoms with Crippen LogP contribution in [0.4, 0.5) is 5.69 Å². The molecule has 0 bridgehead atoms. The maximum absolute atomic E-state index is 10.9. The molecule has 1 unspecified atom stereocenters. The predicted molar refractivity (Wildman–Crippen MR) is 75.1 cm³/mol. The van der Waals surface area contributed by atoms with Crippen LogP contribution in [-0.2, 0) is 9.53 Å². The second-order valence-corrected chi connectivity index (χ2v) is 5.02. The lowest BCUT2D eigenvalue weighted by atomic mass is 9.99. The summed E-state index contributed by atoms with van der Waals surface area (Å²) in [6, 6.07) is 6.29. The highest BCUT2D eigenvalue weighted by Crippen LogP contribution is 2.25. The van der Waals surface area contributed by atoms with E-state index in [9.17, 15) is 20.1 Å². The highest BCUT2D eigenvalue weighted by molar-refractivity contribution is 5.88. The summed E-state index contributed by atoms with van der Waals surface area (Å²) in [5.74, 6) is 0.126. The molecular formula is C14H19NO7. The number of benzene rings is 1. The average molecular weight is 313 g/mol. The Balaban J connectivity index is 2.04. The molecule has 1 aromatic carbocycles. The van der Waals surface area contributed by atoms with Crippen LogP contribution < -0.4 is 10.1 Å². The molecular weight excluding hydrogens is 294 g/mol. The minimum Gasteiger partial charge on any atom is -0.462 e. The van der Waals surface area contributed by atoms with Crippen molar-refractivity contribution in [3.05, 3.63) is 24.3 Å². The number of nitrogens with one attached hydrogen (secondary N) is 1. The van der Waals surface area contributed by atoms with Crippen molar-refractivity contribution in [1.82, 2.24) is 0 Å². The number of amides is 1. The minimum atomic E-state index is -1.49. The molecule has 1 fully saturated rings. The van der Waals surface area contributed by atoms with Gasteiger partial charge in [-0.25, -0.2) is 0 Å². The van der Waals surface area contributed by atoms with Gasteiger partial charge in [0.05, 0.1) is 6.61 Å². The number of rotatable bonds is 4. The molecule has 8 nitrogen and oxygen atoms in total. The van der Waals surface area contributed by atoms with E-state index in [0.717, 1.165) is 0 Å². The third-order valence-corrected chi connectivity index (χ3v) is 3.28. The molecule has 0 aromatic heterocycles. The van der Waals surface area contributed by atoms with E-state index >= 15 is 0 Å². The summed E-state index contributed by atoms with van der Waals surface area (Å²) < 4.78 is 10.6. The van der Waals surface area contributed by atoms with Gasteiger partial charge < -0.3 is 35.2 Å². The standard InChI is InChI=1S/C14H19NO7/c1-7(17)15-8-2-4-9(5-3-8)21-14-13(20)12(19)11(18)10(6-16)22-14/h2-5,10-14,16,18-20H,6H2,1H3,(H,15,17)/t10-,11?,12+,13+,14+/m1/s1. The fourth-order valence-electron chi connectivity index (χ4n) is 2.12. The minimum absolute atomic E-state index is 0.206. The molecule has 1 aromatic rings. The molecule has 0 aliphatic carbocycles. The molecule has 1 amide bonds. The van der Waals surface area contributed by atoms with Crippen LogP contribution in [0.2, 0.25) is 0 Å². The maximum atomic E-state index is 10.9. The lowest BCUT2D eigenvalue weighted by Crippen LogP contribution is -2.60. The van der Waals surface area contributed by atoms with Gasteiger partial charge in [-0.15, -0.1) is 0 Å². The molecule has 122 valence electrons. The van der Waals surface area contributed by atoms with Crippen LogP contribution in [0.3, 0.4) is 0 Å². The van der Waals surface area contributed by atoms with Crippen molar-refractivity contribution in [2.24, 2.45) is 0 Å². The largest absolute Gasteiger partial charge is 0.462 e. The molecule has 2 rings (SSSR count). The zero-order valence-electron chi connectivity index (χ0n) is 11.9. The molecule has 0 saturated carbocycles. The van der Waals surface area contributed by atoms with E-state index in [1.54, 1.807) is 24.3 Å². The first-order chi connectivity index (χ1) is 10.4. The number of aliphatic hydroxyl groups is 4. The Hall–Kier alpha value is -1.71. The van der Waals surface area contributed by atoms with E-state index in [0.29, 0.717) is 11.4 Å². The van der Waals surface area contributed by atoms with E-state index < -0.39 is 37.3 Å². The van der Waals surface area contributed by atoms with Crippen molar-refractivity contribution in [3.63, 3.8) is 0 Å². The first kappa shape index (κ1) is 16.7. The van der Waals surface area contributed by atoms with E-state index in [1.165, 1.54) is 6.92 Å². The van der Waals surface area contributed by atoms with Crippen LogP contribution in [0.15, 0.2) is 24.3 Å². The van der Waals surface area contributed by atoms with Gasteiger partial charge in [0.15, 0.2) is 0 Å². The molecule has 5 N–H and O–H groups in total. The second kappa shape index (κ2) is 7.03. The monoisotopic (exact) mass is 313 g/mol. The summed E-state index contributed by atoms with van der Waals surface area (Å²) >= 11 is 0. The van der Waals surface area contributed by atoms with E-state index in [1.807, 2.05) is 0 Å². The Kier molecular flexibility index (Phi) is 5.33. The van der Waals surface area contributed by atoms with Crippen molar-refractivity contribution in [3.8, 4) is 5.75 Å². The normalized spacial score (nSPS) is 31.6. The van der Waals surface area contributed by atoms with Gasteiger partial charge in [-0.05, 0) is 24.3 Å². The number of aliphatic hydroxyl groups excluding tert-OH is 4. The molecule has 1 saturated heterocycles. The zero-order valence-corrected chi connectivity index (χ0v) is 11.9. The Morgan fingerprint density at radius 1 is 1.18 bits per heavy atom. The maximum Gasteiger partial charge on any atom is 0.229 e. The second-order valence-electron chi connectivity index (χ2n) is 5.02. The predicted octanol–water partition coefficient (Wildman–Crippen LogP) is -1.18. The molecule has 0 radical (unpaired) electrons. The number of hydrogen-bond donors (Lipinski definition) is 5. The summed E-state index contributed by atoms with van der Waals surface area (Å²) in [5.41, 5.74) is 0.577. The van der Waals surface area contributed by atoms with Gasteiger partial charge in [-0.2, -0.15) is 0 Å². The third kappa shape index (κ3) is 3.73. The first-order valence-corrected chi connectivity index (χ1v) is 6.77. The van der Waals surface area contributed by atoms with Crippen LogP contribution >= 0.6 is 0 Å². The lowest BCUT2D eigenvalue weighted by molar-refractivity contribution is -0.277. The van der Waals surface area contributed by atoms with Gasteiger partial charge in [-0.3, -0.25) is 4.79 Å². The number of anilines is 1. The van der Waals surface area contributed by atoms with E-state index in [2.05, 4.69) is 5.32 Å². The van der Waals surface area contributed by atoms with Gasteiger partial charge >= 0.3 is 0 Å². The molecule has 1 heterocycles. The molecule has 8 heteroatoms. The van der Waals surface area contributed by atoms with Crippen LogP contribution in [0.1, 0.15) is 6.92 Å². The molecule has 1 aliphatic heterocycles. The molecule has 5 atom stereocenters. The zero-order chi connectivity index (χ0) is 16.3. The van der Waals surface area contributed by atoms with Gasteiger partial charge in [-0.1, -0.05) is 0 Å². The van der Waals surface area contributed by atoms with Crippen molar-refractivity contribution in [2.75, 3.05) is 11.9 Å². The summed E-state index contributed by atoms with van der Waals surface area (Å²) in [6.45, 7) is 0.866. The number of carbonyl (C=O) groups is 1. The van der Waals surface area contributed by atoms with Crippen LogP contribution in [0, 0.1) is 0 Å². The lowest BCUT2D eigenvalue weighted by Gasteiger charge is -2.39. The topological polar surface area (TPSA) is 128 Å². The third-order valence-electron chi connectivity index (χ3n) is 3.28. The number of carbonyl (C=O) groups excluding carboxylic acids is 1. The molecule has 1 aliphatic rings. The fraction of sp³-hybridized carbons (Fsp3) is 0.500. The van der Waals surface area contributed by atoms with Gasteiger partial charge in [0.25, 0.3) is 0 Å². The van der Waals surface area contributed by atoms with Crippen LogP contribution in [0.5, 0.6) is 5.75 Å². The smallest absolute Gasteiger partial charge is 0.229 e. The average Bonchev–Trinajstić information content (AvgIpc) is 2.49. The van der Waals surface area contributed by atoms with Crippen LogP contribution in [0.25, 0.3) is 0 Å². The summed E-state index contributed by atoms with van der Waals surface area (Å²) in [7, 11) is 0. The van der Waals surface area contributed by atoms with Crippen LogP contribution in [-0.4, -0.2) is 63.6 Å². The van der Waals surface area contributed by atoms with Crippen molar-refractivity contribution in [2.45, 2.75) is 37.6 Å². The highest BCUT2D eigenvalue weighted by atomic mass is 16.7. The fourth-order valence-corrected chi connectivity index (χ4v) is 2.12. The van der Waals surface area contributed by atoms with Crippen molar-refractivity contribution in [1.29, 1.82) is 0 Å². The highest BCUT2D eigenvalue weighted by Gasteiger charge is 2.44. The number of hydrogen-bond acceptors (Lipinski definition) is 7. The SMILES string of the molecule is CC(=O)Nc1ccc(O[C@H]2O[C@H](CO)C(O)[C@H](O)[C@@H]2O)cc1. The van der Waals surface area contributed by atoms with Crippen molar-refractivity contribution >= 4 is 11.6 Å². The Labute approximate surface area is 126 Å².